The van der Waals surface area contributed by atoms with Crippen LogP contribution in [0.1, 0.15) is 42.7 Å². The van der Waals surface area contributed by atoms with E-state index in [0.717, 1.165) is 11.3 Å². The van der Waals surface area contributed by atoms with Crippen LogP contribution < -0.4 is 15.4 Å². The Kier molecular flexibility index (Phi) is 5.89. The van der Waals surface area contributed by atoms with Crippen molar-refractivity contribution < 1.29 is 14.3 Å². The van der Waals surface area contributed by atoms with Gasteiger partial charge in [0.25, 0.3) is 5.91 Å². The van der Waals surface area contributed by atoms with E-state index in [-0.39, 0.29) is 17.9 Å². The first-order valence-corrected chi connectivity index (χ1v) is 9.18. The molecule has 144 valence electrons. The van der Waals surface area contributed by atoms with E-state index >= 15 is 0 Å². The van der Waals surface area contributed by atoms with E-state index in [9.17, 15) is 9.59 Å². The Morgan fingerprint density at radius 3 is 2.54 bits per heavy atom. The molecule has 2 aromatic carbocycles. The maximum absolute atomic E-state index is 12.9. The second kappa shape index (κ2) is 8.52. The van der Waals surface area contributed by atoms with E-state index in [1.807, 2.05) is 44.2 Å². The predicted octanol–water partition coefficient (Wildman–Crippen LogP) is 4.08. The molecule has 1 aromatic heterocycles. The van der Waals surface area contributed by atoms with Gasteiger partial charge in [-0.15, -0.1) is 0 Å². The normalized spacial score (nSPS) is 11.7. The minimum Gasteiger partial charge on any atom is -0.494 e. The molecule has 0 aliphatic heterocycles. The van der Waals surface area contributed by atoms with Crippen LogP contribution in [0.4, 0.5) is 5.69 Å². The van der Waals surface area contributed by atoms with Crippen molar-refractivity contribution in [2.24, 2.45) is 0 Å². The Morgan fingerprint density at radius 2 is 1.86 bits per heavy atom. The fraction of sp³-hybridized carbons (Fsp3) is 0.227. The summed E-state index contributed by atoms with van der Waals surface area (Å²) in [7, 11) is 0. The van der Waals surface area contributed by atoms with E-state index in [4.69, 9.17) is 4.74 Å². The van der Waals surface area contributed by atoms with Crippen molar-refractivity contribution in [2.75, 3.05) is 11.9 Å². The van der Waals surface area contributed by atoms with E-state index < -0.39 is 0 Å². The highest BCUT2D eigenvalue weighted by Gasteiger charge is 2.16. The van der Waals surface area contributed by atoms with Gasteiger partial charge in [-0.25, -0.2) is 0 Å². The highest BCUT2D eigenvalue weighted by atomic mass is 16.5. The number of fused-ring (bicyclic) bond motifs is 1. The molecule has 28 heavy (non-hydrogen) atoms. The maximum Gasteiger partial charge on any atom is 0.252 e. The number of amides is 2. The minimum atomic E-state index is -0.200. The van der Waals surface area contributed by atoms with Gasteiger partial charge in [-0.05, 0) is 43.7 Å². The third-order valence-electron chi connectivity index (χ3n) is 4.37. The molecule has 0 aliphatic rings. The maximum atomic E-state index is 12.9. The molecule has 0 bridgehead atoms. The summed E-state index contributed by atoms with van der Waals surface area (Å²) in [6, 6.07) is 14.6. The monoisotopic (exact) mass is 377 g/mol. The first kappa shape index (κ1) is 19.4. The number of carbonyl (C=O) groups excluding carboxylic acids is 2. The van der Waals surface area contributed by atoms with Crippen molar-refractivity contribution >= 4 is 28.4 Å². The number of rotatable bonds is 6. The van der Waals surface area contributed by atoms with Crippen LogP contribution in [0.3, 0.4) is 0 Å². The molecule has 6 nitrogen and oxygen atoms in total. The molecule has 0 radical (unpaired) electrons. The van der Waals surface area contributed by atoms with Crippen molar-refractivity contribution in [1.29, 1.82) is 0 Å². The largest absolute Gasteiger partial charge is 0.494 e. The zero-order valence-electron chi connectivity index (χ0n) is 16.2. The van der Waals surface area contributed by atoms with Crippen LogP contribution in [0.25, 0.3) is 10.9 Å². The van der Waals surface area contributed by atoms with Gasteiger partial charge in [0, 0.05) is 18.5 Å². The number of hydrogen-bond donors (Lipinski definition) is 2. The Morgan fingerprint density at radius 1 is 1.11 bits per heavy atom. The summed E-state index contributed by atoms with van der Waals surface area (Å²) in [5, 5.41) is 6.46. The van der Waals surface area contributed by atoms with Crippen molar-refractivity contribution in [3.63, 3.8) is 0 Å². The SMILES string of the molecule is CCOc1ccc([C@@H](C)NC(=O)c2ccnc3c(NC(C)=O)cccc23)cc1. The Bertz CT molecular complexity index is 1000. The fourth-order valence-electron chi connectivity index (χ4n) is 3.04. The minimum absolute atomic E-state index is 0.176. The molecular formula is C22H23N3O3. The summed E-state index contributed by atoms with van der Waals surface area (Å²) in [5.74, 6) is 0.414. The van der Waals surface area contributed by atoms with Crippen LogP contribution in [0.15, 0.2) is 54.7 Å². The summed E-state index contributed by atoms with van der Waals surface area (Å²) >= 11 is 0. The zero-order chi connectivity index (χ0) is 20.1. The lowest BCUT2D eigenvalue weighted by molar-refractivity contribution is -0.114. The highest BCUT2D eigenvalue weighted by molar-refractivity contribution is 6.10. The van der Waals surface area contributed by atoms with Crippen molar-refractivity contribution in [3.05, 3.63) is 65.9 Å². The quantitative estimate of drug-likeness (QED) is 0.678. The first-order chi connectivity index (χ1) is 13.5. The number of hydrogen-bond acceptors (Lipinski definition) is 4. The number of ether oxygens (including phenoxy) is 1. The first-order valence-electron chi connectivity index (χ1n) is 9.18. The van der Waals surface area contributed by atoms with Gasteiger partial charge in [0.15, 0.2) is 0 Å². The summed E-state index contributed by atoms with van der Waals surface area (Å²) in [5.41, 5.74) is 2.65. The third kappa shape index (κ3) is 4.28. The molecule has 3 rings (SSSR count). The smallest absolute Gasteiger partial charge is 0.252 e. The molecule has 0 fully saturated rings. The molecule has 0 spiro atoms. The second-order valence-corrected chi connectivity index (χ2v) is 6.44. The van der Waals surface area contributed by atoms with Gasteiger partial charge in [0.05, 0.1) is 29.4 Å². The standard InChI is InChI=1S/C22H23N3O3/c1-4-28-17-10-8-16(9-11-17)14(2)24-22(27)19-12-13-23-21-18(19)6-5-7-20(21)25-15(3)26/h5-14H,4H2,1-3H3,(H,24,27)(H,25,26)/t14-/m1/s1. The molecule has 0 saturated heterocycles. The summed E-state index contributed by atoms with van der Waals surface area (Å²) in [4.78, 5) is 28.6. The van der Waals surface area contributed by atoms with Gasteiger partial charge < -0.3 is 15.4 Å². The molecule has 6 heteroatoms. The van der Waals surface area contributed by atoms with Crippen LogP contribution in [0, 0.1) is 0 Å². The summed E-state index contributed by atoms with van der Waals surface area (Å²) < 4.78 is 5.45. The van der Waals surface area contributed by atoms with Crippen LogP contribution in [0.5, 0.6) is 5.75 Å². The van der Waals surface area contributed by atoms with Gasteiger partial charge in [-0.2, -0.15) is 0 Å². The van der Waals surface area contributed by atoms with Gasteiger partial charge in [-0.3, -0.25) is 14.6 Å². The van der Waals surface area contributed by atoms with Crippen LogP contribution in [0.2, 0.25) is 0 Å². The lowest BCUT2D eigenvalue weighted by atomic mass is 10.0. The van der Waals surface area contributed by atoms with Crippen LogP contribution >= 0.6 is 0 Å². The summed E-state index contributed by atoms with van der Waals surface area (Å²) in [6.45, 7) is 5.92. The Hall–Kier alpha value is -3.41. The van der Waals surface area contributed by atoms with Gasteiger partial charge >= 0.3 is 0 Å². The van der Waals surface area contributed by atoms with Gasteiger partial charge in [0.1, 0.15) is 5.75 Å². The molecular weight excluding hydrogens is 354 g/mol. The Labute approximate surface area is 163 Å². The lowest BCUT2D eigenvalue weighted by Gasteiger charge is -2.16. The number of para-hydroxylation sites is 1. The van der Waals surface area contributed by atoms with Crippen molar-refractivity contribution in [2.45, 2.75) is 26.8 Å². The number of pyridine rings is 1. The molecule has 3 aromatic rings. The van der Waals surface area contributed by atoms with Gasteiger partial charge in [0.2, 0.25) is 5.91 Å². The molecule has 2 amide bonds. The van der Waals surface area contributed by atoms with Crippen LogP contribution in [-0.4, -0.2) is 23.4 Å². The molecule has 1 heterocycles. The molecule has 2 N–H and O–H groups in total. The van der Waals surface area contributed by atoms with E-state index in [2.05, 4.69) is 15.6 Å². The van der Waals surface area contributed by atoms with Crippen LogP contribution in [-0.2, 0) is 4.79 Å². The van der Waals surface area contributed by atoms with Crippen molar-refractivity contribution in [3.8, 4) is 5.75 Å². The molecule has 0 aliphatic carbocycles. The van der Waals surface area contributed by atoms with E-state index in [1.54, 1.807) is 24.4 Å². The zero-order valence-corrected chi connectivity index (χ0v) is 16.2. The molecule has 0 unspecified atom stereocenters. The predicted molar refractivity (Wildman–Crippen MR) is 110 cm³/mol. The summed E-state index contributed by atoms with van der Waals surface area (Å²) in [6.07, 6.45) is 1.57. The topological polar surface area (TPSA) is 80.3 Å². The highest BCUT2D eigenvalue weighted by Crippen LogP contribution is 2.25. The Balaban J connectivity index is 1.84. The number of nitrogens with zero attached hydrogens (tertiary/aromatic N) is 1. The fourth-order valence-corrected chi connectivity index (χ4v) is 3.04. The lowest BCUT2D eigenvalue weighted by Crippen LogP contribution is -2.27. The van der Waals surface area contributed by atoms with E-state index in [1.165, 1.54) is 6.92 Å². The number of anilines is 1. The number of benzene rings is 2. The number of aromatic nitrogens is 1. The number of carbonyl (C=O) groups is 2. The number of nitrogens with one attached hydrogen (secondary N) is 2. The average Bonchev–Trinajstić information content (AvgIpc) is 2.68. The average molecular weight is 377 g/mol. The van der Waals surface area contributed by atoms with E-state index in [0.29, 0.717) is 28.8 Å². The van der Waals surface area contributed by atoms with Crippen molar-refractivity contribution in [1.82, 2.24) is 10.3 Å². The third-order valence-corrected chi connectivity index (χ3v) is 4.37. The van der Waals surface area contributed by atoms with Gasteiger partial charge in [-0.1, -0.05) is 24.3 Å². The molecule has 0 saturated carbocycles. The molecule has 1 atom stereocenters. The second-order valence-electron chi connectivity index (χ2n) is 6.44.